The van der Waals surface area contributed by atoms with Gasteiger partial charge in [0.05, 0.1) is 23.9 Å². The third kappa shape index (κ3) is 1.30. The third-order valence-corrected chi connectivity index (χ3v) is 3.71. The van der Waals surface area contributed by atoms with E-state index in [1.807, 2.05) is 28.8 Å². The first kappa shape index (κ1) is 10.3. The Bertz CT molecular complexity index is 766. The predicted molar refractivity (Wildman–Crippen MR) is 68.9 cm³/mol. The van der Waals surface area contributed by atoms with Crippen molar-refractivity contribution in [3.05, 3.63) is 40.7 Å². The van der Waals surface area contributed by atoms with Crippen LogP contribution in [0.15, 0.2) is 24.4 Å². The lowest BCUT2D eigenvalue weighted by atomic mass is 10.1. The Hall–Kier alpha value is -1.65. The van der Waals surface area contributed by atoms with Gasteiger partial charge >= 0.3 is 0 Å². The molecule has 0 atom stereocenters. The highest BCUT2D eigenvalue weighted by molar-refractivity contribution is 6.35. The van der Waals surface area contributed by atoms with Crippen molar-refractivity contribution in [2.45, 2.75) is 13.0 Å². The fraction of sp³-hybridized carbons (Fsp3) is 0.231. The number of imidazole rings is 1. The Morgan fingerprint density at radius 3 is 3.17 bits per heavy atom. The van der Waals surface area contributed by atoms with E-state index in [1.54, 1.807) is 0 Å². The van der Waals surface area contributed by atoms with Crippen LogP contribution in [-0.2, 0) is 17.8 Å². The van der Waals surface area contributed by atoms with E-state index < -0.39 is 0 Å². The van der Waals surface area contributed by atoms with Crippen LogP contribution in [0, 0.1) is 0 Å². The van der Waals surface area contributed by atoms with Crippen molar-refractivity contribution in [3.8, 4) is 0 Å². The van der Waals surface area contributed by atoms with Gasteiger partial charge in [0.2, 0.25) is 0 Å². The van der Waals surface area contributed by atoms with Gasteiger partial charge in [0.1, 0.15) is 11.2 Å². The fourth-order valence-corrected chi connectivity index (χ4v) is 2.75. The van der Waals surface area contributed by atoms with Crippen molar-refractivity contribution in [2.24, 2.45) is 0 Å². The van der Waals surface area contributed by atoms with Crippen molar-refractivity contribution in [1.29, 1.82) is 0 Å². The van der Waals surface area contributed by atoms with Gasteiger partial charge in [-0.3, -0.25) is 4.40 Å². The number of hydrogen-bond acceptors (Lipinski definition) is 3. The van der Waals surface area contributed by atoms with Gasteiger partial charge in [0.15, 0.2) is 5.65 Å². The SMILES string of the molecule is Clc1c2c(nc3c1nc1ccccn13)COCC2. The lowest BCUT2D eigenvalue weighted by Crippen LogP contribution is -2.12. The molecule has 0 bridgehead atoms. The molecule has 1 aliphatic rings. The Labute approximate surface area is 108 Å². The number of ether oxygens (including phenoxy) is 1. The van der Waals surface area contributed by atoms with E-state index in [1.165, 1.54) is 0 Å². The van der Waals surface area contributed by atoms with Crippen molar-refractivity contribution in [1.82, 2.24) is 14.4 Å². The van der Waals surface area contributed by atoms with E-state index in [0.717, 1.165) is 39.5 Å². The molecule has 18 heavy (non-hydrogen) atoms. The second kappa shape index (κ2) is 3.67. The van der Waals surface area contributed by atoms with Crippen molar-refractivity contribution in [3.63, 3.8) is 0 Å². The van der Waals surface area contributed by atoms with Gasteiger partial charge < -0.3 is 4.74 Å². The van der Waals surface area contributed by atoms with E-state index in [9.17, 15) is 0 Å². The Morgan fingerprint density at radius 1 is 1.28 bits per heavy atom. The number of rotatable bonds is 0. The van der Waals surface area contributed by atoms with Crippen LogP contribution in [0.25, 0.3) is 16.8 Å². The van der Waals surface area contributed by atoms with Crippen molar-refractivity contribution >= 4 is 28.4 Å². The lowest BCUT2D eigenvalue weighted by molar-refractivity contribution is 0.108. The largest absolute Gasteiger partial charge is 0.375 e. The smallest absolute Gasteiger partial charge is 0.166 e. The molecule has 0 aliphatic carbocycles. The normalized spacial score (nSPS) is 15.2. The first-order chi connectivity index (χ1) is 8.84. The van der Waals surface area contributed by atoms with E-state index >= 15 is 0 Å². The number of pyridine rings is 2. The minimum atomic E-state index is 0.533. The molecule has 3 aromatic rings. The summed E-state index contributed by atoms with van der Waals surface area (Å²) in [5.41, 5.74) is 4.47. The Balaban J connectivity index is 2.17. The number of fused-ring (bicyclic) bond motifs is 4. The van der Waals surface area contributed by atoms with E-state index in [4.69, 9.17) is 16.3 Å². The second-order valence-electron chi connectivity index (χ2n) is 4.37. The average Bonchev–Trinajstić information content (AvgIpc) is 2.79. The van der Waals surface area contributed by atoms with Gasteiger partial charge in [-0.1, -0.05) is 17.7 Å². The Morgan fingerprint density at radius 2 is 2.22 bits per heavy atom. The summed E-state index contributed by atoms with van der Waals surface area (Å²) in [6.07, 6.45) is 2.76. The lowest BCUT2D eigenvalue weighted by Gasteiger charge is -2.16. The first-order valence-corrected chi connectivity index (χ1v) is 6.24. The van der Waals surface area contributed by atoms with Crippen LogP contribution in [-0.4, -0.2) is 21.0 Å². The zero-order chi connectivity index (χ0) is 12.1. The van der Waals surface area contributed by atoms with Crippen LogP contribution in [0.3, 0.4) is 0 Å². The minimum absolute atomic E-state index is 0.533. The maximum absolute atomic E-state index is 6.46. The molecule has 0 fully saturated rings. The molecule has 1 aliphatic heterocycles. The zero-order valence-corrected chi connectivity index (χ0v) is 10.3. The van der Waals surface area contributed by atoms with Crippen molar-refractivity contribution < 1.29 is 4.74 Å². The highest BCUT2D eigenvalue weighted by Crippen LogP contribution is 2.30. The molecular formula is C13H10ClN3O. The number of hydrogen-bond donors (Lipinski definition) is 0. The monoisotopic (exact) mass is 259 g/mol. The molecular weight excluding hydrogens is 250 g/mol. The highest BCUT2D eigenvalue weighted by atomic mass is 35.5. The van der Waals surface area contributed by atoms with Gasteiger partial charge in [-0.05, 0) is 24.1 Å². The molecule has 0 saturated carbocycles. The van der Waals surface area contributed by atoms with Gasteiger partial charge in [-0.2, -0.15) is 0 Å². The summed E-state index contributed by atoms with van der Waals surface area (Å²) >= 11 is 6.46. The summed E-state index contributed by atoms with van der Waals surface area (Å²) in [5.74, 6) is 0. The molecule has 4 rings (SSSR count). The summed E-state index contributed by atoms with van der Waals surface area (Å²) in [6.45, 7) is 1.23. The van der Waals surface area contributed by atoms with Crippen LogP contribution in [0.4, 0.5) is 0 Å². The highest BCUT2D eigenvalue weighted by Gasteiger charge is 2.20. The van der Waals surface area contributed by atoms with Gasteiger partial charge in [0, 0.05) is 6.20 Å². The molecule has 0 aromatic carbocycles. The third-order valence-electron chi connectivity index (χ3n) is 3.30. The molecule has 5 heteroatoms. The molecule has 0 amide bonds. The van der Waals surface area contributed by atoms with Gasteiger partial charge in [-0.15, -0.1) is 0 Å². The zero-order valence-electron chi connectivity index (χ0n) is 9.56. The predicted octanol–water partition coefficient (Wildman–Crippen LogP) is 2.61. The van der Waals surface area contributed by atoms with Crippen LogP contribution in [0.2, 0.25) is 5.02 Å². The fourth-order valence-electron chi connectivity index (χ4n) is 2.42. The summed E-state index contributed by atoms with van der Waals surface area (Å²) in [7, 11) is 0. The van der Waals surface area contributed by atoms with Crippen LogP contribution < -0.4 is 0 Å². The molecule has 0 radical (unpaired) electrons. The first-order valence-electron chi connectivity index (χ1n) is 5.86. The maximum atomic E-state index is 6.46. The topological polar surface area (TPSA) is 39.4 Å². The summed E-state index contributed by atoms with van der Waals surface area (Å²) in [4.78, 5) is 9.21. The summed E-state index contributed by atoms with van der Waals surface area (Å²) in [6, 6.07) is 5.87. The van der Waals surface area contributed by atoms with Crippen molar-refractivity contribution in [2.75, 3.05) is 6.61 Å². The minimum Gasteiger partial charge on any atom is -0.375 e. The molecule has 0 saturated heterocycles. The number of aromatic nitrogens is 3. The standard InChI is InChI=1S/C13H10ClN3O/c14-11-8-4-6-18-7-9(8)15-13-12(11)16-10-3-1-2-5-17(10)13/h1-3,5H,4,6-7H2. The van der Waals surface area contributed by atoms with Crippen LogP contribution in [0.1, 0.15) is 11.3 Å². The molecule has 90 valence electrons. The molecule has 4 nitrogen and oxygen atoms in total. The van der Waals surface area contributed by atoms with E-state index in [-0.39, 0.29) is 0 Å². The van der Waals surface area contributed by atoms with Gasteiger partial charge in [-0.25, -0.2) is 9.97 Å². The van der Waals surface area contributed by atoms with Crippen LogP contribution >= 0.6 is 11.6 Å². The molecule has 0 spiro atoms. The Kier molecular flexibility index (Phi) is 2.10. The molecule has 3 aromatic heterocycles. The summed E-state index contributed by atoms with van der Waals surface area (Å²) < 4.78 is 7.39. The second-order valence-corrected chi connectivity index (χ2v) is 4.74. The quantitative estimate of drug-likeness (QED) is 0.623. The van der Waals surface area contributed by atoms with Crippen LogP contribution in [0.5, 0.6) is 0 Å². The molecule has 0 N–H and O–H groups in total. The average molecular weight is 260 g/mol. The number of halogens is 1. The number of nitrogens with zero attached hydrogens (tertiary/aromatic N) is 3. The molecule has 0 unspecified atom stereocenters. The summed E-state index contributed by atoms with van der Waals surface area (Å²) in [5, 5.41) is 0.724. The van der Waals surface area contributed by atoms with E-state index in [0.29, 0.717) is 13.2 Å². The van der Waals surface area contributed by atoms with E-state index in [2.05, 4.69) is 9.97 Å². The maximum Gasteiger partial charge on any atom is 0.166 e. The molecule has 4 heterocycles. The van der Waals surface area contributed by atoms with Gasteiger partial charge in [0.25, 0.3) is 0 Å².